The van der Waals surface area contributed by atoms with Crippen molar-refractivity contribution in [3.8, 4) is 22.3 Å². The zero-order valence-corrected chi connectivity index (χ0v) is 30.8. The summed E-state index contributed by atoms with van der Waals surface area (Å²) in [5.74, 6) is 0. The van der Waals surface area contributed by atoms with E-state index in [1.54, 1.807) is 0 Å². The number of fused-ring (bicyclic) bond motifs is 11. The van der Waals surface area contributed by atoms with Gasteiger partial charge in [0.2, 0.25) is 0 Å². The van der Waals surface area contributed by atoms with E-state index in [4.69, 9.17) is 8.83 Å². The van der Waals surface area contributed by atoms with Crippen LogP contribution in [0.5, 0.6) is 0 Å². The lowest BCUT2D eigenvalue weighted by Gasteiger charge is -2.28. The minimum atomic E-state index is 0.844. The third kappa shape index (κ3) is 4.79. The summed E-state index contributed by atoms with van der Waals surface area (Å²) < 4.78 is 13.3. The van der Waals surface area contributed by atoms with Gasteiger partial charge in [-0.15, -0.1) is 0 Å². The maximum Gasteiger partial charge on any atom is 0.143 e. The summed E-state index contributed by atoms with van der Waals surface area (Å²) in [4.78, 5) is 2.41. The van der Waals surface area contributed by atoms with Crippen molar-refractivity contribution in [2.45, 2.75) is 0 Å². The van der Waals surface area contributed by atoms with Crippen molar-refractivity contribution < 1.29 is 8.83 Å². The molecule has 266 valence electrons. The lowest BCUT2D eigenvalue weighted by molar-refractivity contribution is 0.669. The first kappa shape index (κ1) is 31.7. The summed E-state index contributed by atoms with van der Waals surface area (Å²) in [6, 6.07) is 71.5. The van der Waals surface area contributed by atoms with Gasteiger partial charge in [-0.05, 0) is 97.7 Å². The van der Waals surface area contributed by atoms with Crippen LogP contribution in [-0.4, -0.2) is 0 Å². The molecular weight excluding hydrogens is 695 g/mol. The van der Waals surface area contributed by atoms with Crippen molar-refractivity contribution in [3.05, 3.63) is 200 Å². The van der Waals surface area contributed by atoms with Gasteiger partial charge in [0.1, 0.15) is 22.3 Å². The van der Waals surface area contributed by atoms with Gasteiger partial charge in [0.05, 0.1) is 22.1 Å². The summed E-state index contributed by atoms with van der Waals surface area (Å²) in [6.07, 6.45) is 0. The van der Waals surface area contributed by atoms with Crippen molar-refractivity contribution >= 4 is 93.3 Å². The topological polar surface area (TPSA) is 29.5 Å². The SMILES string of the molecule is c1ccc(-c2c(-c3cccc(N(c4cccc5oc6ccccc6c45)c4cccc5oc6c7ccccc7ccc6c45)c3)c3ccccc3c3ccccc23)cc1. The van der Waals surface area contributed by atoms with E-state index in [1.807, 2.05) is 6.07 Å². The summed E-state index contributed by atoms with van der Waals surface area (Å²) in [5, 5.41) is 11.5. The number of nitrogens with zero attached hydrogens (tertiary/aromatic N) is 1. The summed E-state index contributed by atoms with van der Waals surface area (Å²) in [5.41, 5.74) is 11.3. The number of rotatable bonds is 5. The molecule has 0 fully saturated rings. The quantitative estimate of drug-likeness (QED) is 0.165. The Morgan fingerprint density at radius 3 is 1.58 bits per heavy atom. The summed E-state index contributed by atoms with van der Waals surface area (Å²) in [6.45, 7) is 0. The van der Waals surface area contributed by atoms with Gasteiger partial charge in [-0.1, -0.05) is 152 Å². The smallest absolute Gasteiger partial charge is 0.143 e. The predicted octanol–water partition coefficient (Wildman–Crippen LogP) is 15.7. The summed E-state index contributed by atoms with van der Waals surface area (Å²) in [7, 11) is 0. The van der Waals surface area contributed by atoms with Crippen LogP contribution in [-0.2, 0) is 0 Å². The van der Waals surface area contributed by atoms with Crippen LogP contribution in [0, 0.1) is 0 Å². The van der Waals surface area contributed by atoms with Gasteiger partial charge in [0, 0.05) is 21.8 Å². The predicted molar refractivity (Wildman–Crippen MR) is 239 cm³/mol. The molecule has 10 aromatic carbocycles. The van der Waals surface area contributed by atoms with Gasteiger partial charge in [-0.2, -0.15) is 0 Å². The van der Waals surface area contributed by atoms with Gasteiger partial charge in [0.15, 0.2) is 0 Å². The van der Waals surface area contributed by atoms with Crippen LogP contribution < -0.4 is 4.90 Å². The highest BCUT2D eigenvalue weighted by atomic mass is 16.3. The molecule has 3 nitrogen and oxygen atoms in total. The lowest BCUT2D eigenvalue weighted by Crippen LogP contribution is -2.11. The third-order valence-electron chi connectivity index (χ3n) is 11.6. The molecule has 57 heavy (non-hydrogen) atoms. The van der Waals surface area contributed by atoms with Crippen LogP contribution in [0.15, 0.2) is 209 Å². The molecular formula is C54H33NO2. The first-order valence-corrected chi connectivity index (χ1v) is 19.4. The van der Waals surface area contributed by atoms with E-state index in [9.17, 15) is 0 Å². The Morgan fingerprint density at radius 1 is 0.316 bits per heavy atom. The molecule has 0 spiro atoms. The Balaban J connectivity index is 1.19. The first-order valence-electron chi connectivity index (χ1n) is 19.4. The minimum absolute atomic E-state index is 0.844. The fourth-order valence-electron chi connectivity index (χ4n) is 9.22. The molecule has 0 saturated carbocycles. The van der Waals surface area contributed by atoms with Crippen LogP contribution in [0.2, 0.25) is 0 Å². The monoisotopic (exact) mass is 727 g/mol. The molecule has 0 radical (unpaired) electrons. The first-order chi connectivity index (χ1) is 28.3. The highest BCUT2D eigenvalue weighted by Gasteiger charge is 2.25. The van der Waals surface area contributed by atoms with Crippen LogP contribution in [0.25, 0.3) is 98.4 Å². The third-order valence-corrected chi connectivity index (χ3v) is 11.6. The van der Waals surface area contributed by atoms with E-state index in [-0.39, 0.29) is 0 Å². The van der Waals surface area contributed by atoms with Crippen molar-refractivity contribution in [2.24, 2.45) is 0 Å². The maximum absolute atomic E-state index is 6.77. The van der Waals surface area contributed by atoms with Crippen LogP contribution >= 0.6 is 0 Å². The Bertz CT molecular complexity index is 3540. The summed E-state index contributed by atoms with van der Waals surface area (Å²) >= 11 is 0. The molecule has 2 aromatic heterocycles. The van der Waals surface area contributed by atoms with E-state index in [1.165, 1.54) is 38.2 Å². The largest absolute Gasteiger partial charge is 0.456 e. The minimum Gasteiger partial charge on any atom is -0.456 e. The van der Waals surface area contributed by atoms with Crippen LogP contribution in [0.3, 0.4) is 0 Å². The highest BCUT2D eigenvalue weighted by Crippen LogP contribution is 2.50. The molecule has 12 aromatic rings. The number of anilines is 3. The normalized spacial score (nSPS) is 11.9. The molecule has 12 rings (SSSR count). The van der Waals surface area contributed by atoms with E-state index in [2.05, 4.69) is 199 Å². The Hall–Kier alpha value is -7.62. The van der Waals surface area contributed by atoms with Gasteiger partial charge in [-0.25, -0.2) is 0 Å². The second-order valence-corrected chi connectivity index (χ2v) is 14.8. The fraction of sp³-hybridized carbons (Fsp3) is 0. The zero-order valence-electron chi connectivity index (χ0n) is 30.8. The van der Waals surface area contributed by atoms with E-state index < -0.39 is 0 Å². The number of hydrogen-bond acceptors (Lipinski definition) is 3. The molecule has 0 aliphatic heterocycles. The Morgan fingerprint density at radius 2 is 0.842 bits per heavy atom. The van der Waals surface area contributed by atoms with E-state index in [0.29, 0.717) is 0 Å². The lowest BCUT2D eigenvalue weighted by atomic mass is 9.85. The standard InChI is InChI=1S/C54H33NO2/c1-2-16-35(17-3-1)50-41-23-8-6-21-39(41)40-22-7-9-24-42(40)51(50)36-18-12-19-37(33-36)55(45-26-13-29-48-52(45)43-25-10-11-28-47(43)56-48)46-27-14-30-49-53(46)44-32-31-34-15-4-5-20-38(34)54(44)57-49/h1-33H. The molecule has 0 aliphatic carbocycles. The average Bonchev–Trinajstić information content (AvgIpc) is 3.86. The van der Waals surface area contributed by atoms with Crippen molar-refractivity contribution in [3.63, 3.8) is 0 Å². The Labute approximate surface area is 328 Å². The van der Waals surface area contributed by atoms with E-state index in [0.717, 1.165) is 77.3 Å². The fourth-order valence-corrected chi connectivity index (χ4v) is 9.22. The zero-order chi connectivity index (χ0) is 37.5. The molecule has 0 unspecified atom stereocenters. The van der Waals surface area contributed by atoms with Crippen LogP contribution in [0.4, 0.5) is 17.1 Å². The molecule has 0 saturated heterocycles. The number of para-hydroxylation sites is 1. The maximum atomic E-state index is 6.77. The van der Waals surface area contributed by atoms with Gasteiger partial charge >= 0.3 is 0 Å². The molecule has 0 atom stereocenters. The second-order valence-electron chi connectivity index (χ2n) is 14.8. The van der Waals surface area contributed by atoms with Crippen molar-refractivity contribution in [2.75, 3.05) is 4.90 Å². The molecule has 2 heterocycles. The Kier molecular flexibility index (Phi) is 6.93. The van der Waals surface area contributed by atoms with Gasteiger partial charge in [-0.3, -0.25) is 0 Å². The van der Waals surface area contributed by atoms with Crippen molar-refractivity contribution in [1.29, 1.82) is 0 Å². The van der Waals surface area contributed by atoms with Crippen LogP contribution in [0.1, 0.15) is 0 Å². The number of hydrogen-bond donors (Lipinski definition) is 0. The second kappa shape index (κ2) is 12.5. The van der Waals surface area contributed by atoms with Crippen molar-refractivity contribution in [1.82, 2.24) is 0 Å². The van der Waals surface area contributed by atoms with Gasteiger partial charge in [0.25, 0.3) is 0 Å². The average molecular weight is 728 g/mol. The highest BCUT2D eigenvalue weighted by molar-refractivity contribution is 6.23. The van der Waals surface area contributed by atoms with E-state index >= 15 is 0 Å². The molecule has 0 bridgehead atoms. The number of benzene rings is 10. The molecule has 0 amide bonds. The number of furan rings is 2. The molecule has 0 N–H and O–H groups in total. The van der Waals surface area contributed by atoms with Gasteiger partial charge < -0.3 is 13.7 Å². The molecule has 0 aliphatic rings. The molecule has 3 heteroatoms.